The zero-order valence-corrected chi connectivity index (χ0v) is 10.9. The summed E-state index contributed by atoms with van der Waals surface area (Å²) < 4.78 is 0. The van der Waals surface area contributed by atoms with Gasteiger partial charge in [0.05, 0.1) is 6.61 Å². The molecular weight excluding hydrogens is 216 g/mol. The van der Waals surface area contributed by atoms with E-state index < -0.39 is 0 Å². The van der Waals surface area contributed by atoms with Crippen LogP contribution in [-0.2, 0) is 4.79 Å². The number of aliphatic hydroxyl groups excluding tert-OH is 1. The molecule has 0 aromatic heterocycles. The molecule has 2 rings (SSSR count). The monoisotopic (exact) mass is 240 g/mol. The van der Waals surface area contributed by atoms with Crippen molar-refractivity contribution in [2.24, 2.45) is 0 Å². The Morgan fingerprint density at radius 3 is 2.82 bits per heavy atom. The van der Waals surface area contributed by atoms with Crippen molar-refractivity contribution in [1.29, 1.82) is 0 Å². The van der Waals surface area contributed by atoms with Crippen LogP contribution in [0.2, 0.25) is 0 Å². The van der Waals surface area contributed by atoms with E-state index >= 15 is 0 Å². The van der Waals surface area contributed by atoms with Gasteiger partial charge < -0.3 is 10.4 Å². The average molecular weight is 240 g/mol. The van der Waals surface area contributed by atoms with Crippen LogP contribution in [0.4, 0.5) is 0 Å². The summed E-state index contributed by atoms with van der Waals surface area (Å²) in [5.41, 5.74) is -0.149. The fraction of sp³-hybridized carbons (Fsp3) is 0.923. The van der Waals surface area contributed by atoms with Crippen LogP contribution in [0.15, 0.2) is 0 Å². The van der Waals surface area contributed by atoms with E-state index in [1.54, 1.807) is 0 Å². The average Bonchev–Trinajstić information content (AvgIpc) is 2.34. The molecule has 2 unspecified atom stereocenters. The number of rotatable bonds is 2. The molecule has 98 valence electrons. The van der Waals surface area contributed by atoms with Gasteiger partial charge >= 0.3 is 0 Å². The highest BCUT2D eigenvalue weighted by molar-refractivity contribution is 5.78. The van der Waals surface area contributed by atoms with E-state index in [9.17, 15) is 9.90 Å². The van der Waals surface area contributed by atoms with Crippen molar-refractivity contribution in [2.75, 3.05) is 13.2 Å². The molecule has 17 heavy (non-hydrogen) atoms. The predicted molar refractivity (Wildman–Crippen MR) is 66.7 cm³/mol. The van der Waals surface area contributed by atoms with Gasteiger partial charge in [-0.3, -0.25) is 9.69 Å². The lowest BCUT2D eigenvalue weighted by atomic mass is 9.87. The minimum absolute atomic E-state index is 0.149. The molecule has 1 saturated carbocycles. The normalized spacial score (nSPS) is 33.7. The first-order valence-corrected chi connectivity index (χ1v) is 6.71. The molecule has 1 amide bonds. The number of fused-ring (bicyclic) bond motifs is 1. The van der Waals surface area contributed by atoms with Crippen molar-refractivity contribution in [1.82, 2.24) is 10.2 Å². The standard InChI is InChI=1S/C13H24N2O2/c1-13(2)9-12(17)14-10-5-3-4-6-11(10)15(13)7-8-16/h10-11,16H,3-9H2,1-2H3,(H,14,17). The molecule has 1 aliphatic carbocycles. The highest BCUT2D eigenvalue weighted by atomic mass is 16.3. The van der Waals surface area contributed by atoms with E-state index in [4.69, 9.17) is 0 Å². The lowest BCUT2D eigenvalue weighted by molar-refractivity contribution is -0.122. The Bertz CT molecular complexity index is 291. The van der Waals surface area contributed by atoms with Gasteiger partial charge in [0, 0.05) is 30.6 Å². The molecule has 0 aromatic rings. The van der Waals surface area contributed by atoms with E-state index in [0.717, 1.165) is 12.8 Å². The molecule has 2 aliphatic rings. The van der Waals surface area contributed by atoms with Gasteiger partial charge in [0.25, 0.3) is 0 Å². The summed E-state index contributed by atoms with van der Waals surface area (Å²) in [4.78, 5) is 14.2. The SMILES string of the molecule is CC1(C)CC(=O)NC2CCCCC2N1CCO. The second-order valence-corrected chi connectivity index (χ2v) is 5.93. The zero-order chi connectivity index (χ0) is 12.5. The van der Waals surface area contributed by atoms with E-state index in [2.05, 4.69) is 24.1 Å². The second-order valence-electron chi connectivity index (χ2n) is 5.93. The molecule has 2 atom stereocenters. The van der Waals surface area contributed by atoms with Crippen molar-refractivity contribution < 1.29 is 9.90 Å². The Morgan fingerprint density at radius 1 is 1.41 bits per heavy atom. The van der Waals surface area contributed by atoms with E-state index in [-0.39, 0.29) is 24.1 Å². The second kappa shape index (κ2) is 4.94. The van der Waals surface area contributed by atoms with Gasteiger partial charge in [-0.15, -0.1) is 0 Å². The van der Waals surface area contributed by atoms with Crippen LogP contribution in [0.25, 0.3) is 0 Å². The molecule has 4 nitrogen and oxygen atoms in total. The smallest absolute Gasteiger partial charge is 0.222 e. The summed E-state index contributed by atoms with van der Waals surface area (Å²) in [5.74, 6) is 0.160. The fourth-order valence-electron chi connectivity index (χ4n) is 3.43. The van der Waals surface area contributed by atoms with Crippen LogP contribution in [0.3, 0.4) is 0 Å². The molecule has 0 bridgehead atoms. The summed E-state index contributed by atoms with van der Waals surface area (Å²) >= 11 is 0. The van der Waals surface area contributed by atoms with Crippen molar-refractivity contribution in [3.05, 3.63) is 0 Å². The zero-order valence-electron chi connectivity index (χ0n) is 10.9. The van der Waals surface area contributed by atoms with Crippen molar-refractivity contribution >= 4 is 5.91 Å². The maximum atomic E-state index is 11.9. The lowest BCUT2D eigenvalue weighted by Gasteiger charge is -2.45. The molecule has 4 heteroatoms. The van der Waals surface area contributed by atoms with E-state index in [1.807, 2.05) is 0 Å². The van der Waals surface area contributed by atoms with Crippen molar-refractivity contribution in [3.63, 3.8) is 0 Å². The Hall–Kier alpha value is -0.610. The minimum atomic E-state index is -0.149. The first-order chi connectivity index (χ1) is 8.04. The number of carbonyl (C=O) groups excluding carboxylic acids is 1. The van der Waals surface area contributed by atoms with Gasteiger partial charge in [-0.25, -0.2) is 0 Å². The Balaban J connectivity index is 2.24. The maximum Gasteiger partial charge on any atom is 0.222 e. The lowest BCUT2D eigenvalue weighted by Crippen LogP contribution is -2.56. The molecular formula is C13H24N2O2. The summed E-state index contributed by atoms with van der Waals surface area (Å²) in [5, 5.41) is 12.4. The number of aliphatic hydroxyl groups is 1. The number of β-amino-alcohol motifs (C(OH)–C–C–N with tert-alkyl or cyclic N) is 1. The molecule has 2 N–H and O–H groups in total. The molecule has 0 radical (unpaired) electrons. The number of nitrogens with one attached hydrogen (secondary N) is 1. The van der Waals surface area contributed by atoms with E-state index in [1.165, 1.54) is 12.8 Å². The van der Waals surface area contributed by atoms with Gasteiger partial charge in [-0.1, -0.05) is 12.8 Å². The van der Waals surface area contributed by atoms with Crippen LogP contribution in [0, 0.1) is 0 Å². The third kappa shape index (κ3) is 2.63. The van der Waals surface area contributed by atoms with Crippen LogP contribution in [0.1, 0.15) is 46.0 Å². The van der Waals surface area contributed by atoms with Crippen molar-refractivity contribution in [3.8, 4) is 0 Å². The first-order valence-electron chi connectivity index (χ1n) is 6.71. The Kier molecular flexibility index (Phi) is 3.73. The van der Waals surface area contributed by atoms with Crippen molar-refractivity contribution in [2.45, 2.75) is 63.6 Å². The summed E-state index contributed by atoms with van der Waals surface area (Å²) in [6.07, 6.45) is 5.17. The number of amides is 1. The summed E-state index contributed by atoms with van der Waals surface area (Å²) in [7, 11) is 0. The Labute approximate surface area is 103 Å². The highest BCUT2D eigenvalue weighted by Crippen LogP contribution is 2.32. The third-order valence-electron chi connectivity index (χ3n) is 4.19. The molecule has 2 fully saturated rings. The van der Waals surface area contributed by atoms with Gasteiger partial charge in [0.2, 0.25) is 5.91 Å². The quantitative estimate of drug-likeness (QED) is 0.753. The largest absolute Gasteiger partial charge is 0.395 e. The number of nitrogens with zero attached hydrogens (tertiary/aromatic N) is 1. The maximum absolute atomic E-state index is 11.9. The molecule has 1 saturated heterocycles. The van der Waals surface area contributed by atoms with E-state index in [0.29, 0.717) is 19.0 Å². The van der Waals surface area contributed by atoms with Crippen LogP contribution < -0.4 is 5.32 Å². The summed E-state index contributed by atoms with van der Waals surface area (Å²) in [6.45, 7) is 5.06. The number of hydrogen-bond donors (Lipinski definition) is 2. The Morgan fingerprint density at radius 2 is 2.12 bits per heavy atom. The predicted octanol–water partition coefficient (Wildman–Crippen LogP) is 0.890. The van der Waals surface area contributed by atoms with Gasteiger partial charge in [0.15, 0.2) is 0 Å². The molecule has 1 aliphatic heterocycles. The van der Waals surface area contributed by atoms with Gasteiger partial charge in [0.1, 0.15) is 0 Å². The minimum Gasteiger partial charge on any atom is -0.395 e. The first kappa shape index (κ1) is 12.8. The summed E-state index contributed by atoms with van der Waals surface area (Å²) in [6, 6.07) is 0.682. The number of carbonyl (C=O) groups is 1. The van der Waals surface area contributed by atoms with Gasteiger partial charge in [-0.05, 0) is 26.7 Å². The van der Waals surface area contributed by atoms with Crippen LogP contribution in [-0.4, -0.2) is 46.7 Å². The van der Waals surface area contributed by atoms with Crippen LogP contribution >= 0.6 is 0 Å². The molecule has 0 aromatic carbocycles. The van der Waals surface area contributed by atoms with Crippen LogP contribution in [0.5, 0.6) is 0 Å². The fourth-order valence-corrected chi connectivity index (χ4v) is 3.43. The number of hydrogen-bond acceptors (Lipinski definition) is 3. The highest BCUT2D eigenvalue weighted by Gasteiger charge is 2.42. The topological polar surface area (TPSA) is 52.6 Å². The third-order valence-corrected chi connectivity index (χ3v) is 4.19. The molecule has 1 heterocycles. The van der Waals surface area contributed by atoms with Gasteiger partial charge in [-0.2, -0.15) is 0 Å². The molecule has 0 spiro atoms.